The molecule has 0 aliphatic carbocycles. The normalized spacial score (nSPS) is 11.2. The molecule has 1 heterocycles. The van der Waals surface area contributed by atoms with Gasteiger partial charge in [0.15, 0.2) is 0 Å². The molecule has 0 aliphatic heterocycles. The van der Waals surface area contributed by atoms with Crippen LogP contribution < -0.4 is 5.32 Å². The van der Waals surface area contributed by atoms with Gasteiger partial charge in [0.1, 0.15) is 5.82 Å². The lowest BCUT2D eigenvalue weighted by atomic mass is 10.0. The Morgan fingerprint density at radius 2 is 1.88 bits per heavy atom. The number of carbonyl (C=O) groups excluding carboxylic acids is 1. The van der Waals surface area contributed by atoms with Gasteiger partial charge in [-0.1, -0.05) is 25.4 Å². The van der Waals surface area contributed by atoms with Crippen molar-refractivity contribution in [3.8, 4) is 11.4 Å². The summed E-state index contributed by atoms with van der Waals surface area (Å²) >= 11 is 6.00. The van der Waals surface area contributed by atoms with Crippen molar-refractivity contribution in [1.82, 2.24) is 9.97 Å². The van der Waals surface area contributed by atoms with Crippen molar-refractivity contribution in [2.45, 2.75) is 26.7 Å². The molecule has 0 aliphatic rings. The molecule has 0 saturated carbocycles. The van der Waals surface area contributed by atoms with Crippen LogP contribution in [0.4, 0.5) is 5.69 Å². The largest absolute Gasteiger partial charge is 0.338 e. The molecule has 2 N–H and O–H groups in total. The summed E-state index contributed by atoms with van der Waals surface area (Å²) in [5.74, 6) is 0.918. The number of aromatic amines is 1. The van der Waals surface area contributed by atoms with E-state index in [0.29, 0.717) is 5.02 Å². The van der Waals surface area contributed by atoms with Gasteiger partial charge >= 0.3 is 0 Å². The maximum Gasteiger partial charge on any atom is 0.227 e. The monoisotopic (exact) mass is 341 g/mol. The Labute approximate surface area is 146 Å². The topological polar surface area (TPSA) is 57.8 Å². The number of benzene rings is 2. The Hall–Kier alpha value is -2.33. The molecule has 0 fully saturated rings. The standard InChI is InChI=1S/C19H20ClN3O/c1-3-12(4-2)19(24)21-15-8-5-13(6-9-15)18-22-16-10-7-14(20)11-17(16)23-18/h5-12H,3-4H2,1-2H3,(H,21,24)(H,22,23). The van der Waals surface area contributed by atoms with E-state index >= 15 is 0 Å². The molecule has 2 aromatic carbocycles. The second-order valence-corrected chi connectivity index (χ2v) is 6.26. The van der Waals surface area contributed by atoms with Crippen LogP contribution in [0.15, 0.2) is 42.5 Å². The van der Waals surface area contributed by atoms with Crippen molar-refractivity contribution < 1.29 is 4.79 Å². The van der Waals surface area contributed by atoms with Gasteiger partial charge in [0.25, 0.3) is 0 Å². The predicted octanol–water partition coefficient (Wildman–Crippen LogP) is 5.26. The molecule has 0 spiro atoms. The first kappa shape index (κ1) is 16.5. The molecule has 0 radical (unpaired) electrons. The third-order valence-corrected chi connectivity index (χ3v) is 4.46. The highest BCUT2D eigenvalue weighted by molar-refractivity contribution is 6.31. The quantitative estimate of drug-likeness (QED) is 0.665. The lowest BCUT2D eigenvalue weighted by Gasteiger charge is -2.12. The van der Waals surface area contributed by atoms with E-state index < -0.39 is 0 Å². The van der Waals surface area contributed by atoms with Crippen molar-refractivity contribution in [3.05, 3.63) is 47.5 Å². The summed E-state index contributed by atoms with van der Waals surface area (Å²) in [6, 6.07) is 13.3. The molecule has 1 amide bonds. The number of hydrogen-bond donors (Lipinski definition) is 2. The van der Waals surface area contributed by atoms with E-state index in [-0.39, 0.29) is 11.8 Å². The molecule has 5 heteroatoms. The van der Waals surface area contributed by atoms with Crippen LogP contribution in [0.5, 0.6) is 0 Å². The minimum atomic E-state index is 0.0600. The van der Waals surface area contributed by atoms with Gasteiger partial charge in [-0.3, -0.25) is 4.79 Å². The van der Waals surface area contributed by atoms with E-state index in [9.17, 15) is 4.79 Å². The molecule has 0 bridgehead atoms. The Morgan fingerprint density at radius 3 is 2.54 bits per heavy atom. The number of H-pyrrole nitrogens is 1. The third kappa shape index (κ3) is 3.44. The zero-order chi connectivity index (χ0) is 17.1. The summed E-state index contributed by atoms with van der Waals surface area (Å²) in [6.45, 7) is 4.06. The molecular formula is C19H20ClN3O. The van der Waals surface area contributed by atoms with Gasteiger partial charge in [-0.2, -0.15) is 0 Å². The van der Waals surface area contributed by atoms with E-state index in [0.717, 1.165) is 41.0 Å². The van der Waals surface area contributed by atoms with Crippen molar-refractivity contribution in [2.24, 2.45) is 5.92 Å². The number of imidazole rings is 1. The first-order valence-electron chi connectivity index (χ1n) is 8.17. The van der Waals surface area contributed by atoms with Gasteiger partial charge < -0.3 is 10.3 Å². The summed E-state index contributed by atoms with van der Waals surface area (Å²) in [5.41, 5.74) is 3.54. The number of anilines is 1. The summed E-state index contributed by atoms with van der Waals surface area (Å²) < 4.78 is 0. The molecule has 0 unspecified atom stereocenters. The maximum absolute atomic E-state index is 12.1. The fourth-order valence-electron chi connectivity index (χ4n) is 2.73. The van der Waals surface area contributed by atoms with Crippen molar-refractivity contribution >= 4 is 34.2 Å². The Kier molecular flexibility index (Phi) is 4.86. The number of aromatic nitrogens is 2. The van der Waals surface area contributed by atoms with Crippen LogP contribution >= 0.6 is 11.6 Å². The van der Waals surface area contributed by atoms with Crippen LogP contribution in [0.2, 0.25) is 5.02 Å². The summed E-state index contributed by atoms with van der Waals surface area (Å²) in [5, 5.41) is 3.65. The smallest absolute Gasteiger partial charge is 0.227 e. The fraction of sp³-hybridized carbons (Fsp3) is 0.263. The minimum absolute atomic E-state index is 0.0600. The lowest BCUT2D eigenvalue weighted by molar-refractivity contribution is -0.120. The van der Waals surface area contributed by atoms with Gasteiger partial charge in [0.05, 0.1) is 11.0 Å². The van der Waals surface area contributed by atoms with Gasteiger partial charge in [0, 0.05) is 22.2 Å². The van der Waals surface area contributed by atoms with Crippen molar-refractivity contribution in [3.63, 3.8) is 0 Å². The maximum atomic E-state index is 12.1. The number of carbonyl (C=O) groups is 1. The van der Waals surface area contributed by atoms with E-state index in [1.54, 1.807) is 0 Å². The number of amides is 1. The fourth-order valence-corrected chi connectivity index (χ4v) is 2.91. The van der Waals surface area contributed by atoms with Crippen LogP contribution in [-0.2, 0) is 4.79 Å². The first-order chi connectivity index (χ1) is 11.6. The molecule has 0 saturated heterocycles. The third-order valence-electron chi connectivity index (χ3n) is 4.23. The highest BCUT2D eigenvalue weighted by atomic mass is 35.5. The van der Waals surface area contributed by atoms with Crippen LogP contribution in [0.25, 0.3) is 22.4 Å². The zero-order valence-electron chi connectivity index (χ0n) is 13.8. The SMILES string of the molecule is CCC(CC)C(=O)Nc1ccc(-c2nc3ccc(Cl)cc3[nH]2)cc1. The average molecular weight is 342 g/mol. The van der Waals surface area contributed by atoms with Crippen LogP contribution in [0.1, 0.15) is 26.7 Å². The summed E-state index contributed by atoms with van der Waals surface area (Å²) in [4.78, 5) is 20.0. The molecule has 3 aromatic rings. The van der Waals surface area contributed by atoms with E-state index in [2.05, 4.69) is 15.3 Å². The van der Waals surface area contributed by atoms with Crippen LogP contribution in [0, 0.1) is 5.92 Å². The van der Waals surface area contributed by atoms with Gasteiger partial charge in [-0.15, -0.1) is 0 Å². The summed E-state index contributed by atoms with van der Waals surface area (Å²) in [6.07, 6.45) is 1.70. The zero-order valence-corrected chi connectivity index (χ0v) is 14.5. The van der Waals surface area contributed by atoms with Gasteiger partial charge in [-0.05, 0) is 55.3 Å². The van der Waals surface area contributed by atoms with Crippen LogP contribution in [0.3, 0.4) is 0 Å². The number of nitrogens with zero attached hydrogens (tertiary/aromatic N) is 1. The summed E-state index contributed by atoms with van der Waals surface area (Å²) in [7, 11) is 0. The van der Waals surface area contributed by atoms with Gasteiger partial charge in [0.2, 0.25) is 5.91 Å². The average Bonchev–Trinajstić information content (AvgIpc) is 2.99. The number of halogens is 1. The van der Waals surface area contributed by atoms with E-state index in [4.69, 9.17) is 11.6 Å². The minimum Gasteiger partial charge on any atom is -0.338 e. The second kappa shape index (κ2) is 7.05. The predicted molar refractivity (Wildman–Crippen MR) is 99.2 cm³/mol. The molecule has 3 rings (SSSR count). The molecule has 1 aromatic heterocycles. The lowest BCUT2D eigenvalue weighted by Crippen LogP contribution is -2.21. The van der Waals surface area contributed by atoms with E-state index in [1.165, 1.54) is 0 Å². The molecule has 0 atom stereocenters. The van der Waals surface area contributed by atoms with Gasteiger partial charge in [-0.25, -0.2) is 4.98 Å². The first-order valence-corrected chi connectivity index (χ1v) is 8.55. The number of nitrogens with one attached hydrogen (secondary N) is 2. The van der Waals surface area contributed by atoms with Crippen molar-refractivity contribution in [2.75, 3.05) is 5.32 Å². The Bertz CT molecular complexity index is 851. The van der Waals surface area contributed by atoms with E-state index in [1.807, 2.05) is 56.3 Å². The second-order valence-electron chi connectivity index (χ2n) is 5.83. The highest BCUT2D eigenvalue weighted by Gasteiger charge is 2.14. The van der Waals surface area contributed by atoms with Crippen LogP contribution in [-0.4, -0.2) is 15.9 Å². The molecular weight excluding hydrogens is 322 g/mol. The number of fused-ring (bicyclic) bond motifs is 1. The molecule has 4 nitrogen and oxygen atoms in total. The Morgan fingerprint density at radius 1 is 1.17 bits per heavy atom. The number of rotatable bonds is 5. The Balaban J connectivity index is 1.79. The molecule has 124 valence electrons. The molecule has 24 heavy (non-hydrogen) atoms. The highest BCUT2D eigenvalue weighted by Crippen LogP contribution is 2.24. The van der Waals surface area contributed by atoms with Crippen molar-refractivity contribution in [1.29, 1.82) is 0 Å². The number of hydrogen-bond acceptors (Lipinski definition) is 2.